The SMILES string of the molecule is CCNCc1cc(COc2cccc(C(C)C)c2)on1. The van der Waals surface area contributed by atoms with Crippen molar-refractivity contribution in [3.63, 3.8) is 0 Å². The van der Waals surface area contributed by atoms with Crippen LogP contribution in [-0.2, 0) is 13.2 Å². The predicted molar refractivity (Wildman–Crippen MR) is 78.7 cm³/mol. The molecule has 0 aliphatic rings. The van der Waals surface area contributed by atoms with Crippen LogP contribution >= 0.6 is 0 Å². The second-order valence-electron chi connectivity index (χ2n) is 5.08. The molecule has 20 heavy (non-hydrogen) atoms. The number of ether oxygens (including phenoxy) is 1. The predicted octanol–water partition coefficient (Wildman–Crippen LogP) is 3.49. The number of benzene rings is 1. The summed E-state index contributed by atoms with van der Waals surface area (Å²) >= 11 is 0. The Balaban J connectivity index is 1.91. The molecule has 1 aromatic heterocycles. The highest BCUT2D eigenvalue weighted by atomic mass is 16.5. The first-order chi connectivity index (χ1) is 9.69. The van der Waals surface area contributed by atoms with Crippen molar-refractivity contribution in [3.05, 3.63) is 47.3 Å². The van der Waals surface area contributed by atoms with Crippen molar-refractivity contribution in [2.75, 3.05) is 6.54 Å². The van der Waals surface area contributed by atoms with E-state index in [4.69, 9.17) is 9.26 Å². The Labute approximate surface area is 120 Å². The van der Waals surface area contributed by atoms with E-state index in [2.05, 4.69) is 43.4 Å². The third kappa shape index (κ3) is 4.10. The molecule has 0 fully saturated rings. The summed E-state index contributed by atoms with van der Waals surface area (Å²) in [6.07, 6.45) is 0. The smallest absolute Gasteiger partial charge is 0.174 e. The van der Waals surface area contributed by atoms with Gasteiger partial charge < -0.3 is 14.6 Å². The molecule has 0 saturated heterocycles. The Kier molecular flexibility index (Phi) is 5.18. The standard InChI is InChI=1S/C16H22N2O2/c1-4-17-10-14-9-16(20-18-14)11-19-15-7-5-6-13(8-15)12(2)3/h5-9,12,17H,4,10-11H2,1-3H3. The van der Waals surface area contributed by atoms with Gasteiger partial charge in [0.05, 0.1) is 5.69 Å². The Morgan fingerprint density at radius 3 is 2.90 bits per heavy atom. The summed E-state index contributed by atoms with van der Waals surface area (Å²) in [5, 5.41) is 7.20. The van der Waals surface area contributed by atoms with Crippen LogP contribution in [0.4, 0.5) is 0 Å². The second-order valence-corrected chi connectivity index (χ2v) is 5.08. The van der Waals surface area contributed by atoms with E-state index in [0.717, 1.165) is 30.3 Å². The molecule has 1 heterocycles. The van der Waals surface area contributed by atoms with Crippen LogP contribution in [0.1, 0.15) is 43.7 Å². The number of hydrogen-bond donors (Lipinski definition) is 1. The average Bonchev–Trinajstić information content (AvgIpc) is 2.91. The van der Waals surface area contributed by atoms with Crippen LogP contribution in [0, 0.1) is 0 Å². The number of rotatable bonds is 7. The van der Waals surface area contributed by atoms with Gasteiger partial charge in [0.2, 0.25) is 0 Å². The summed E-state index contributed by atoms with van der Waals surface area (Å²) < 4.78 is 11.0. The normalized spacial score (nSPS) is 11.0. The average molecular weight is 274 g/mol. The molecule has 0 bridgehead atoms. The minimum atomic E-state index is 0.403. The van der Waals surface area contributed by atoms with Crippen LogP contribution in [0.15, 0.2) is 34.9 Å². The fourth-order valence-electron chi connectivity index (χ4n) is 1.88. The molecule has 0 aliphatic heterocycles. The largest absolute Gasteiger partial charge is 0.486 e. The maximum absolute atomic E-state index is 5.75. The van der Waals surface area contributed by atoms with Crippen LogP contribution in [0.2, 0.25) is 0 Å². The van der Waals surface area contributed by atoms with Crippen molar-refractivity contribution in [2.45, 2.75) is 39.8 Å². The highest BCUT2D eigenvalue weighted by Gasteiger charge is 2.06. The van der Waals surface area contributed by atoms with Gasteiger partial charge in [0.15, 0.2) is 5.76 Å². The summed E-state index contributed by atoms with van der Waals surface area (Å²) in [5.41, 5.74) is 2.18. The van der Waals surface area contributed by atoms with Crippen molar-refractivity contribution in [1.82, 2.24) is 10.5 Å². The molecule has 1 aromatic carbocycles. The van der Waals surface area contributed by atoms with Crippen LogP contribution in [0.3, 0.4) is 0 Å². The Morgan fingerprint density at radius 2 is 2.15 bits per heavy atom. The van der Waals surface area contributed by atoms with Gasteiger partial charge >= 0.3 is 0 Å². The van der Waals surface area contributed by atoms with Gasteiger partial charge in [-0.25, -0.2) is 0 Å². The molecule has 0 unspecified atom stereocenters. The van der Waals surface area contributed by atoms with Gasteiger partial charge in [0.1, 0.15) is 12.4 Å². The van der Waals surface area contributed by atoms with E-state index < -0.39 is 0 Å². The van der Waals surface area contributed by atoms with E-state index in [1.165, 1.54) is 5.56 Å². The molecule has 2 aromatic rings. The van der Waals surface area contributed by atoms with Crippen molar-refractivity contribution >= 4 is 0 Å². The lowest BCUT2D eigenvalue weighted by atomic mass is 10.0. The van der Waals surface area contributed by atoms with Crippen LogP contribution in [-0.4, -0.2) is 11.7 Å². The van der Waals surface area contributed by atoms with Gasteiger partial charge in [-0.3, -0.25) is 0 Å². The zero-order valence-electron chi connectivity index (χ0n) is 12.3. The number of nitrogens with one attached hydrogen (secondary N) is 1. The second kappa shape index (κ2) is 7.10. The third-order valence-electron chi connectivity index (χ3n) is 3.07. The fraction of sp³-hybridized carbons (Fsp3) is 0.438. The van der Waals surface area contributed by atoms with Gasteiger partial charge in [-0.1, -0.05) is 38.1 Å². The lowest BCUT2D eigenvalue weighted by molar-refractivity contribution is 0.248. The van der Waals surface area contributed by atoms with Crippen molar-refractivity contribution < 1.29 is 9.26 Å². The number of hydrogen-bond acceptors (Lipinski definition) is 4. The van der Waals surface area contributed by atoms with E-state index in [1.807, 2.05) is 18.2 Å². The van der Waals surface area contributed by atoms with E-state index >= 15 is 0 Å². The molecule has 4 heteroatoms. The maximum Gasteiger partial charge on any atom is 0.174 e. The quantitative estimate of drug-likeness (QED) is 0.839. The lowest BCUT2D eigenvalue weighted by Gasteiger charge is -2.08. The van der Waals surface area contributed by atoms with Gasteiger partial charge in [-0.05, 0) is 30.2 Å². The molecular formula is C16H22N2O2. The molecule has 4 nitrogen and oxygen atoms in total. The van der Waals surface area contributed by atoms with Gasteiger partial charge in [-0.2, -0.15) is 0 Å². The summed E-state index contributed by atoms with van der Waals surface area (Å²) in [7, 11) is 0. The van der Waals surface area contributed by atoms with Crippen LogP contribution in [0.5, 0.6) is 5.75 Å². The van der Waals surface area contributed by atoms with E-state index in [9.17, 15) is 0 Å². The van der Waals surface area contributed by atoms with Crippen LogP contribution in [0.25, 0.3) is 0 Å². The van der Waals surface area contributed by atoms with Gasteiger partial charge in [-0.15, -0.1) is 0 Å². The topological polar surface area (TPSA) is 47.3 Å². The first-order valence-corrected chi connectivity index (χ1v) is 7.07. The molecule has 0 atom stereocenters. The Morgan fingerprint density at radius 1 is 1.30 bits per heavy atom. The van der Waals surface area contributed by atoms with Gasteiger partial charge in [0, 0.05) is 12.6 Å². The third-order valence-corrected chi connectivity index (χ3v) is 3.07. The number of aromatic nitrogens is 1. The summed E-state index contributed by atoms with van der Waals surface area (Å²) in [5.74, 6) is 2.10. The molecular weight excluding hydrogens is 252 g/mol. The first-order valence-electron chi connectivity index (χ1n) is 7.07. The molecule has 0 radical (unpaired) electrons. The Hall–Kier alpha value is -1.81. The van der Waals surface area contributed by atoms with E-state index in [-0.39, 0.29) is 0 Å². The fourth-order valence-corrected chi connectivity index (χ4v) is 1.88. The maximum atomic E-state index is 5.75. The Bertz CT molecular complexity index is 535. The zero-order chi connectivity index (χ0) is 14.4. The van der Waals surface area contributed by atoms with E-state index in [1.54, 1.807) is 0 Å². The molecule has 2 rings (SSSR count). The molecule has 0 amide bonds. The van der Waals surface area contributed by atoms with Crippen molar-refractivity contribution in [1.29, 1.82) is 0 Å². The van der Waals surface area contributed by atoms with Gasteiger partial charge in [0.25, 0.3) is 0 Å². The summed E-state index contributed by atoms with van der Waals surface area (Å²) in [4.78, 5) is 0. The highest BCUT2D eigenvalue weighted by Crippen LogP contribution is 2.21. The van der Waals surface area contributed by atoms with Crippen molar-refractivity contribution in [3.8, 4) is 5.75 Å². The minimum Gasteiger partial charge on any atom is -0.486 e. The minimum absolute atomic E-state index is 0.403. The summed E-state index contributed by atoms with van der Waals surface area (Å²) in [6.45, 7) is 8.45. The molecule has 1 N–H and O–H groups in total. The van der Waals surface area contributed by atoms with E-state index in [0.29, 0.717) is 12.5 Å². The molecule has 0 saturated carbocycles. The van der Waals surface area contributed by atoms with Crippen molar-refractivity contribution in [2.24, 2.45) is 0 Å². The first kappa shape index (κ1) is 14.6. The summed E-state index contributed by atoms with van der Waals surface area (Å²) in [6, 6.07) is 10.1. The number of nitrogens with zero attached hydrogens (tertiary/aromatic N) is 1. The monoisotopic (exact) mass is 274 g/mol. The van der Waals surface area contributed by atoms with Crippen LogP contribution < -0.4 is 10.1 Å². The highest BCUT2D eigenvalue weighted by molar-refractivity contribution is 5.30. The lowest BCUT2D eigenvalue weighted by Crippen LogP contribution is -2.11. The molecule has 0 spiro atoms. The zero-order valence-corrected chi connectivity index (χ0v) is 12.3. The molecule has 0 aliphatic carbocycles. The molecule has 108 valence electrons.